The number of halogens is 1. The number of rotatable bonds is 3. The van der Waals surface area contributed by atoms with E-state index in [4.69, 9.17) is 11.6 Å². The number of aromatic nitrogens is 1. The molecule has 1 aromatic rings. The predicted molar refractivity (Wildman–Crippen MR) is 64.6 cm³/mol. The van der Waals surface area contributed by atoms with Gasteiger partial charge in [0.25, 0.3) is 5.56 Å². The molecule has 0 bridgehead atoms. The lowest BCUT2D eigenvalue weighted by Gasteiger charge is -2.13. The van der Waals surface area contributed by atoms with Gasteiger partial charge in [-0.25, -0.2) is 0 Å². The Morgan fingerprint density at radius 3 is 2.40 bits per heavy atom. The minimum atomic E-state index is -0.0882. The fourth-order valence-corrected chi connectivity index (χ4v) is 1.70. The van der Waals surface area contributed by atoms with Crippen molar-refractivity contribution < 1.29 is 0 Å². The molecule has 0 aliphatic rings. The van der Waals surface area contributed by atoms with Gasteiger partial charge in [-0.3, -0.25) is 4.79 Å². The van der Waals surface area contributed by atoms with Gasteiger partial charge in [-0.05, 0) is 23.5 Å². The van der Waals surface area contributed by atoms with E-state index in [0.29, 0.717) is 16.9 Å². The second kappa shape index (κ2) is 4.84. The summed E-state index contributed by atoms with van der Waals surface area (Å²) in [5.74, 6) is 0.836. The molecule has 2 nitrogen and oxygen atoms in total. The van der Waals surface area contributed by atoms with Gasteiger partial charge in [-0.15, -0.1) is 0 Å². The highest BCUT2D eigenvalue weighted by molar-refractivity contribution is 6.30. The van der Waals surface area contributed by atoms with Crippen LogP contribution in [0.4, 0.5) is 0 Å². The van der Waals surface area contributed by atoms with Crippen LogP contribution in [0.1, 0.15) is 39.2 Å². The Labute approximate surface area is 95.9 Å². The molecule has 15 heavy (non-hydrogen) atoms. The molecular weight excluding hydrogens is 210 g/mol. The molecule has 0 saturated heterocycles. The second-order valence-corrected chi connectivity index (χ2v) is 5.03. The van der Waals surface area contributed by atoms with Gasteiger partial charge in [-0.2, -0.15) is 0 Å². The van der Waals surface area contributed by atoms with E-state index in [1.807, 2.05) is 6.20 Å². The summed E-state index contributed by atoms with van der Waals surface area (Å²) < 4.78 is 1.71. The molecule has 0 aromatic carbocycles. The molecule has 1 rings (SSSR count). The number of hydrogen-bond acceptors (Lipinski definition) is 1. The lowest BCUT2D eigenvalue weighted by molar-refractivity contribution is 0.508. The summed E-state index contributed by atoms with van der Waals surface area (Å²) in [7, 11) is 0. The van der Waals surface area contributed by atoms with Crippen LogP contribution in [0.2, 0.25) is 5.02 Å². The first kappa shape index (κ1) is 12.3. The van der Waals surface area contributed by atoms with Gasteiger partial charge in [0.05, 0.1) is 0 Å². The standard InChI is InChI=1S/C12H18ClNO/c1-8(2)6-14-7-10(9(3)4)5-11(13)12(14)15/h5,7-9H,6H2,1-4H3. The van der Waals surface area contributed by atoms with Gasteiger partial charge in [0.2, 0.25) is 0 Å². The van der Waals surface area contributed by atoms with Crippen LogP contribution in [0.25, 0.3) is 0 Å². The topological polar surface area (TPSA) is 22.0 Å². The van der Waals surface area contributed by atoms with Crippen LogP contribution in [0, 0.1) is 5.92 Å². The third kappa shape index (κ3) is 3.10. The van der Waals surface area contributed by atoms with Gasteiger partial charge in [-0.1, -0.05) is 39.3 Å². The van der Waals surface area contributed by atoms with Crippen LogP contribution in [-0.2, 0) is 6.54 Å². The molecule has 84 valence electrons. The summed E-state index contributed by atoms with van der Waals surface area (Å²) in [6.07, 6.45) is 1.92. The maximum atomic E-state index is 11.7. The third-order valence-electron chi connectivity index (χ3n) is 2.29. The molecule has 0 aliphatic heterocycles. The zero-order valence-electron chi connectivity index (χ0n) is 9.75. The molecule has 0 aliphatic carbocycles. The first-order valence-corrected chi connectivity index (χ1v) is 5.69. The molecule has 0 N–H and O–H groups in total. The lowest BCUT2D eigenvalue weighted by atomic mass is 10.1. The normalized spacial score (nSPS) is 11.4. The highest BCUT2D eigenvalue weighted by Crippen LogP contribution is 2.16. The molecule has 1 heterocycles. The van der Waals surface area contributed by atoms with Crippen LogP contribution in [0.3, 0.4) is 0 Å². The van der Waals surface area contributed by atoms with Gasteiger partial charge in [0.15, 0.2) is 0 Å². The van der Waals surface area contributed by atoms with Crippen LogP contribution in [0.5, 0.6) is 0 Å². The van der Waals surface area contributed by atoms with E-state index in [1.165, 1.54) is 0 Å². The van der Waals surface area contributed by atoms with Crippen molar-refractivity contribution in [1.82, 2.24) is 4.57 Å². The Morgan fingerprint density at radius 2 is 1.93 bits per heavy atom. The first-order chi connectivity index (χ1) is 6.91. The molecule has 0 amide bonds. The van der Waals surface area contributed by atoms with Crippen molar-refractivity contribution in [3.05, 3.63) is 33.2 Å². The predicted octanol–water partition coefficient (Wildman–Crippen LogP) is 3.28. The van der Waals surface area contributed by atoms with E-state index in [2.05, 4.69) is 27.7 Å². The first-order valence-electron chi connectivity index (χ1n) is 5.31. The van der Waals surface area contributed by atoms with Gasteiger partial charge in [0.1, 0.15) is 5.02 Å². The maximum Gasteiger partial charge on any atom is 0.269 e. The average molecular weight is 228 g/mol. The zero-order valence-corrected chi connectivity index (χ0v) is 10.5. The van der Waals surface area contributed by atoms with E-state index < -0.39 is 0 Å². The summed E-state index contributed by atoms with van der Waals surface area (Å²) in [5, 5.41) is 0.321. The van der Waals surface area contributed by atoms with Crippen LogP contribution >= 0.6 is 11.6 Å². The molecule has 0 unspecified atom stereocenters. The molecular formula is C12H18ClNO. The minimum absolute atomic E-state index is 0.0882. The van der Waals surface area contributed by atoms with Crippen molar-refractivity contribution in [1.29, 1.82) is 0 Å². The molecule has 0 fully saturated rings. The largest absolute Gasteiger partial charge is 0.314 e. The van der Waals surface area contributed by atoms with E-state index in [0.717, 1.165) is 12.1 Å². The maximum absolute atomic E-state index is 11.7. The smallest absolute Gasteiger partial charge is 0.269 e. The summed E-state index contributed by atoms with van der Waals surface area (Å²) in [6.45, 7) is 9.08. The third-order valence-corrected chi connectivity index (χ3v) is 2.56. The highest BCUT2D eigenvalue weighted by Gasteiger charge is 2.08. The Kier molecular flexibility index (Phi) is 3.97. The van der Waals surface area contributed by atoms with Crippen LogP contribution < -0.4 is 5.56 Å². The van der Waals surface area contributed by atoms with Crippen molar-refractivity contribution in [3.63, 3.8) is 0 Å². The molecule has 0 spiro atoms. The highest BCUT2D eigenvalue weighted by atomic mass is 35.5. The zero-order chi connectivity index (χ0) is 11.6. The molecule has 1 aromatic heterocycles. The summed E-state index contributed by atoms with van der Waals surface area (Å²) in [4.78, 5) is 11.7. The quantitative estimate of drug-likeness (QED) is 0.777. The van der Waals surface area contributed by atoms with E-state index in [1.54, 1.807) is 10.6 Å². The Bertz CT molecular complexity index is 393. The van der Waals surface area contributed by atoms with Gasteiger partial charge < -0.3 is 4.57 Å². The molecule has 3 heteroatoms. The van der Waals surface area contributed by atoms with Crippen molar-refractivity contribution >= 4 is 11.6 Å². The van der Waals surface area contributed by atoms with E-state index >= 15 is 0 Å². The average Bonchev–Trinajstić information content (AvgIpc) is 2.11. The summed E-state index contributed by atoms with van der Waals surface area (Å²) in [5.41, 5.74) is 1.02. The van der Waals surface area contributed by atoms with E-state index in [-0.39, 0.29) is 5.56 Å². The van der Waals surface area contributed by atoms with Crippen LogP contribution in [0.15, 0.2) is 17.1 Å². The van der Waals surface area contributed by atoms with Crippen molar-refractivity contribution in [2.45, 2.75) is 40.2 Å². The van der Waals surface area contributed by atoms with Crippen molar-refractivity contribution in [2.24, 2.45) is 5.92 Å². The summed E-state index contributed by atoms with van der Waals surface area (Å²) in [6, 6.07) is 1.77. The van der Waals surface area contributed by atoms with Gasteiger partial charge in [0, 0.05) is 12.7 Å². The minimum Gasteiger partial charge on any atom is -0.314 e. The molecule has 0 saturated carbocycles. The number of pyridine rings is 1. The number of nitrogens with zero attached hydrogens (tertiary/aromatic N) is 1. The SMILES string of the molecule is CC(C)Cn1cc(C(C)C)cc(Cl)c1=O. The van der Waals surface area contributed by atoms with Crippen molar-refractivity contribution in [2.75, 3.05) is 0 Å². The molecule has 0 radical (unpaired) electrons. The van der Waals surface area contributed by atoms with Crippen molar-refractivity contribution in [3.8, 4) is 0 Å². The van der Waals surface area contributed by atoms with E-state index in [9.17, 15) is 4.79 Å². The summed E-state index contributed by atoms with van der Waals surface area (Å²) >= 11 is 5.91. The Morgan fingerprint density at radius 1 is 1.33 bits per heavy atom. The lowest BCUT2D eigenvalue weighted by Crippen LogP contribution is -2.23. The monoisotopic (exact) mass is 227 g/mol. The second-order valence-electron chi connectivity index (χ2n) is 4.63. The Hall–Kier alpha value is -0.760. The fraction of sp³-hybridized carbons (Fsp3) is 0.583. The van der Waals surface area contributed by atoms with Gasteiger partial charge >= 0.3 is 0 Å². The fourth-order valence-electron chi connectivity index (χ4n) is 1.47. The molecule has 0 atom stereocenters. The Balaban J connectivity index is 3.19. The van der Waals surface area contributed by atoms with Crippen LogP contribution in [-0.4, -0.2) is 4.57 Å². The number of hydrogen-bond donors (Lipinski definition) is 0.